The van der Waals surface area contributed by atoms with E-state index in [2.05, 4.69) is 64.1 Å². The van der Waals surface area contributed by atoms with Gasteiger partial charge in [0.1, 0.15) is 6.23 Å². The number of rotatable bonds is 14. The molecule has 1 aromatic carbocycles. The predicted octanol–water partition coefficient (Wildman–Crippen LogP) is 6.54. The summed E-state index contributed by atoms with van der Waals surface area (Å²) < 4.78 is 0. The number of anilines is 1. The molecule has 1 fully saturated rings. The third-order valence-corrected chi connectivity index (χ3v) is 8.85. The highest BCUT2D eigenvalue weighted by molar-refractivity contribution is 6.06. The maximum absolute atomic E-state index is 13.4. The topological polar surface area (TPSA) is 115 Å². The molecule has 5 N–H and O–H groups in total. The second kappa shape index (κ2) is 14.1. The number of carbonyl (C=O) groups is 1. The van der Waals surface area contributed by atoms with Gasteiger partial charge in [0.15, 0.2) is 5.69 Å². The van der Waals surface area contributed by atoms with Crippen LogP contribution < -0.4 is 16.0 Å². The maximum atomic E-state index is 13.4. The van der Waals surface area contributed by atoms with Crippen LogP contribution in [-0.2, 0) is 0 Å². The Kier molecular flexibility index (Phi) is 10.1. The van der Waals surface area contributed by atoms with Crippen LogP contribution in [0.2, 0.25) is 0 Å². The molecule has 0 aliphatic heterocycles. The number of aliphatic hydroxyl groups excluding tert-OH is 1. The zero-order valence-corrected chi connectivity index (χ0v) is 25.2. The number of hydrogen-bond donors (Lipinski definition) is 5. The van der Waals surface area contributed by atoms with Gasteiger partial charge in [-0.15, -0.1) is 0 Å². The predicted molar refractivity (Wildman–Crippen MR) is 170 cm³/mol. The summed E-state index contributed by atoms with van der Waals surface area (Å²) in [4.78, 5) is 17.8. The number of pyridine rings is 1. The van der Waals surface area contributed by atoms with Crippen molar-refractivity contribution in [2.75, 3.05) is 11.9 Å². The first kappa shape index (κ1) is 30.0. The van der Waals surface area contributed by atoms with Gasteiger partial charge in [0, 0.05) is 34.8 Å². The number of nitrogens with zero attached hydrogens (tertiary/aromatic N) is 2. The fourth-order valence-corrected chi connectivity index (χ4v) is 5.63. The van der Waals surface area contributed by atoms with E-state index < -0.39 is 6.23 Å². The van der Waals surface area contributed by atoms with Crippen LogP contribution in [0.4, 0.5) is 5.69 Å². The number of fused-ring (bicyclic) bond motifs is 1. The molecule has 8 heteroatoms. The van der Waals surface area contributed by atoms with Gasteiger partial charge in [0.2, 0.25) is 0 Å². The van der Waals surface area contributed by atoms with Gasteiger partial charge < -0.3 is 21.1 Å². The first-order valence-corrected chi connectivity index (χ1v) is 15.8. The third kappa shape index (κ3) is 7.66. The van der Waals surface area contributed by atoms with Gasteiger partial charge in [-0.25, -0.2) is 0 Å². The minimum absolute atomic E-state index is 0.236. The second-order valence-corrected chi connectivity index (χ2v) is 12.1. The minimum Gasteiger partial charge on any atom is -0.374 e. The summed E-state index contributed by atoms with van der Waals surface area (Å²) in [7, 11) is 0. The number of aliphatic hydroxyl groups is 1. The summed E-state index contributed by atoms with van der Waals surface area (Å²) in [5, 5.41) is 28.4. The molecule has 3 aromatic rings. The molecule has 8 nitrogen and oxygen atoms in total. The van der Waals surface area contributed by atoms with E-state index in [4.69, 9.17) is 0 Å². The molecule has 0 spiro atoms. The van der Waals surface area contributed by atoms with Crippen LogP contribution in [-0.4, -0.2) is 45.0 Å². The fraction of sp³-hybridized carbons (Fsp3) is 0.500. The molecule has 5 rings (SSSR count). The summed E-state index contributed by atoms with van der Waals surface area (Å²) in [6, 6.07) is 8.16. The second-order valence-electron chi connectivity index (χ2n) is 12.1. The van der Waals surface area contributed by atoms with Crippen molar-refractivity contribution in [1.29, 1.82) is 0 Å². The van der Waals surface area contributed by atoms with Crippen molar-refractivity contribution in [1.82, 2.24) is 25.8 Å². The number of benzene rings is 1. The third-order valence-electron chi connectivity index (χ3n) is 8.85. The summed E-state index contributed by atoms with van der Waals surface area (Å²) >= 11 is 0. The number of aromatic nitrogens is 3. The quantitative estimate of drug-likeness (QED) is 0.111. The van der Waals surface area contributed by atoms with E-state index in [1.54, 1.807) is 12.4 Å². The Morgan fingerprint density at radius 3 is 2.79 bits per heavy atom. The Morgan fingerprint density at radius 2 is 2.00 bits per heavy atom. The number of aromatic amines is 1. The maximum Gasteiger partial charge on any atom is 0.276 e. The number of amides is 1. The number of hydrogen-bond acceptors (Lipinski definition) is 6. The molecule has 0 saturated heterocycles. The normalized spacial score (nSPS) is 20.1. The van der Waals surface area contributed by atoms with Crippen molar-refractivity contribution in [2.24, 2.45) is 17.8 Å². The van der Waals surface area contributed by atoms with Crippen molar-refractivity contribution in [3.8, 4) is 11.1 Å². The van der Waals surface area contributed by atoms with Crippen molar-refractivity contribution in [2.45, 2.75) is 84.4 Å². The largest absolute Gasteiger partial charge is 0.374 e. The number of nitrogens with one attached hydrogen (secondary N) is 4. The highest BCUT2D eigenvalue weighted by Crippen LogP contribution is 2.33. The van der Waals surface area contributed by atoms with E-state index in [1.165, 1.54) is 25.7 Å². The molecule has 2 aliphatic rings. The summed E-state index contributed by atoms with van der Waals surface area (Å²) in [5.74, 6) is 1.37. The van der Waals surface area contributed by atoms with Gasteiger partial charge >= 0.3 is 0 Å². The fourth-order valence-electron chi connectivity index (χ4n) is 5.63. The molecular weight excluding hydrogens is 524 g/mol. The van der Waals surface area contributed by atoms with Crippen LogP contribution in [0.15, 0.2) is 60.6 Å². The van der Waals surface area contributed by atoms with E-state index in [1.807, 2.05) is 30.3 Å². The van der Waals surface area contributed by atoms with E-state index in [-0.39, 0.29) is 5.91 Å². The molecule has 2 aromatic heterocycles. The monoisotopic (exact) mass is 570 g/mol. The lowest BCUT2D eigenvalue weighted by Gasteiger charge is -2.23. The highest BCUT2D eigenvalue weighted by Gasteiger charge is 2.29. The SMILES string of the molecule is CCC(C)CCCCNC1C=CC(NC(=O)c2n[nH]c3ccc(-c4cncc(NC(O)C5CC5)c4)cc23)=CCC1CC. The van der Waals surface area contributed by atoms with Gasteiger partial charge in [0.05, 0.1) is 17.4 Å². The van der Waals surface area contributed by atoms with Gasteiger partial charge in [-0.1, -0.05) is 64.7 Å². The summed E-state index contributed by atoms with van der Waals surface area (Å²) in [6.45, 7) is 7.84. The Balaban J connectivity index is 1.24. The first-order chi connectivity index (χ1) is 20.4. The average molecular weight is 571 g/mol. The molecule has 224 valence electrons. The van der Waals surface area contributed by atoms with E-state index >= 15 is 0 Å². The van der Waals surface area contributed by atoms with E-state index in [0.29, 0.717) is 23.6 Å². The van der Waals surface area contributed by atoms with Crippen LogP contribution in [0.1, 0.15) is 82.6 Å². The Morgan fingerprint density at radius 1 is 1.14 bits per heavy atom. The molecule has 4 atom stereocenters. The van der Waals surface area contributed by atoms with Gasteiger partial charge in [-0.2, -0.15) is 5.10 Å². The Labute approximate surface area is 249 Å². The van der Waals surface area contributed by atoms with Crippen LogP contribution >= 0.6 is 0 Å². The highest BCUT2D eigenvalue weighted by atomic mass is 16.3. The smallest absolute Gasteiger partial charge is 0.276 e. The average Bonchev–Trinajstić information content (AvgIpc) is 3.80. The molecule has 0 bridgehead atoms. The summed E-state index contributed by atoms with van der Waals surface area (Å²) in [5.41, 5.74) is 4.56. The zero-order valence-electron chi connectivity index (χ0n) is 25.2. The van der Waals surface area contributed by atoms with Gasteiger partial charge in [0.25, 0.3) is 5.91 Å². The molecular formula is C34H46N6O2. The van der Waals surface area contributed by atoms with Crippen molar-refractivity contribution < 1.29 is 9.90 Å². The van der Waals surface area contributed by atoms with Gasteiger partial charge in [-0.3, -0.25) is 14.9 Å². The summed E-state index contributed by atoms with van der Waals surface area (Å²) in [6.07, 6.45) is 18.4. The molecule has 1 saturated carbocycles. The molecule has 1 amide bonds. The number of carbonyl (C=O) groups excluding carboxylic acids is 1. The number of allylic oxidation sites excluding steroid dienone is 2. The standard InChI is InChI=1S/C34H46N6O2/c1-4-22(3)8-6-7-17-36-30-16-14-27(13-11-23(30)5-2)37-34(42)32-29-19-25(12-15-31(29)39-40-32)26-18-28(21-35-20-26)38-33(41)24-9-10-24/h12-16,18-24,30,33,36,38,41H,4-11,17H2,1-3H3,(H,37,42)(H,39,40). The lowest BCUT2D eigenvalue weighted by atomic mass is 9.94. The minimum atomic E-state index is -0.556. The first-order valence-electron chi connectivity index (χ1n) is 15.8. The van der Waals surface area contributed by atoms with Crippen molar-refractivity contribution in [3.05, 3.63) is 66.3 Å². The van der Waals surface area contributed by atoms with Crippen LogP contribution in [0.5, 0.6) is 0 Å². The van der Waals surface area contributed by atoms with Crippen LogP contribution in [0.3, 0.4) is 0 Å². The molecule has 0 radical (unpaired) electrons. The number of unbranched alkanes of at least 4 members (excludes halogenated alkanes) is 1. The molecule has 4 unspecified atom stereocenters. The van der Waals surface area contributed by atoms with Crippen LogP contribution in [0.25, 0.3) is 22.0 Å². The van der Waals surface area contributed by atoms with E-state index in [9.17, 15) is 9.90 Å². The van der Waals surface area contributed by atoms with Crippen molar-refractivity contribution >= 4 is 22.5 Å². The Hall–Kier alpha value is -3.49. The number of H-pyrrole nitrogens is 1. The molecule has 42 heavy (non-hydrogen) atoms. The van der Waals surface area contributed by atoms with Crippen molar-refractivity contribution in [3.63, 3.8) is 0 Å². The lowest BCUT2D eigenvalue weighted by Crippen LogP contribution is -2.34. The molecule has 2 aliphatic carbocycles. The lowest BCUT2D eigenvalue weighted by molar-refractivity contribution is 0.0963. The molecule has 2 heterocycles. The Bertz CT molecular complexity index is 1410. The van der Waals surface area contributed by atoms with Gasteiger partial charge in [-0.05, 0) is 73.9 Å². The van der Waals surface area contributed by atoms with Crippen LogP contribution in [0, 0.1) is 17.8 Å². The van der Waals surface area contributed by atoms with E-state index in [0.717, 1.165) is 71.6 Å². The zero-order chi connectivity index (χ0) is 29.5.